The summed E-state index contributed by atoms with van der Waals surface area (Å²) in [6.07, 6.45) is 4.58. The molecule has 3 atom stereocenters. The van der Waals surface area contributed by atoms with E-state index in [0.29, 0.717) is 12.1 Å². The zero-order chi connectivity index (χ0) is 28.5. The summed E-state index contributed by atoms with van der Waals surface area (Å²) in [5.41, 5.74) is 0.585. The van der Waals surface area contributed by atoms with Gasteiger partial charge in [0.05, 0.1) is 6.10 Å². The van der Waals surface area contributed by atoms with Crippen molar-refractivity contribution in [3.05, 3.63) is 35.9 Å². The van der Waals surface area contributed by atoms with E-state index in [1.165, 1.54) is 6.42 Å². The molecule has 6 nitrogen and oxygen atoms in total. The topological polar surface area (TPSA) is 67.9 Å². The van der Waals surface area contributed by atoms with Gasteiger partial charge in [-0.05, 0) is 61.2 Å². The predicted molar refractivity (Wildman–Crippen MR) is 160 cm³/mol. The summed E-state index contributed by atoms with van der Waals surface area (Å²) in [6, 6.07) is 8.71. The summed E-state index contributed by atoms with van der Waals surface area (Å²) in [5.74, 6) is -0.245. The van der Waals surface area contributed by atoms with Gasteiger partial charge in [0, 0.05) is 18.2 Å². The molecule has 214 valence electrons. The molecule has 2 aliphatic rings. The van der Waals surface area contributed by atoms with Gasteiger partial charge in [-0.2, -0.15) is 0 Å². The van der Waals surface area contributed by atoms with E-state index in [4.69, 9.17) is 8.85 Å². The average molecular weight is 561 g/mol. The summed E-state index contributed by atoms with van der Waals surface area (Å²) in [5, 5.41) is 3.27. The van der Waals surface area contributed by atoms with Crippen LogP contribution in [0.4, 0.5) is 0 Å². The van der Waals surface area contributed by atoms with E-state index in [-0.39, 0.29) is 34.0 Å². The second kappa shape index (κ2) is 11.6. The van der Waals surface area contributed by atoms with Crippen LogP contribution in [0, 0.1) is 0 Å². The molecule has 1 aliphatic heterocycles. The molecule has 3 rings (SSSR count). The fraction of sp³-hybridized carbons (Fsp3) is 0.733. The molecule has 0 bridgehead atoms. The van der Waals surface area contributed by atoms with Gasteiger partial charge in [0.25, 0.3) is 5.91 Å². The molecule has 1 aromatic rings. The molecule has 1 aliphatic carbocycles. The van der Waals surface area contributed by atoms with Gasteiger partial charge in [-0.3, -0.25) is 9.59 Å². The first-order valence-electron chi connectivity index (χ1n) is 14.5. The summed E-state index contributed by atoms with van der Waals surface area (Å²) in [6.45, 7) is 22.5. The van der Waals surface area contributed by atoms with Crippen LogP contribution in [0.15, 0.2) is 30.3 Å². The maximum Gasteiger partial charge on any atom is 0.254 e. The Morgan fingerprint density at radius 1 is 0.842 bits per heavy atom. The molecule has 1 N–H and O–H groups in total. The molecule has 2 amide bonds. The monoisotopic (exact) mass is 560 g/mol. The minimum atomic E-state index is -2.30. The Labute approximate surface area is 233 Å². The standard InChI is InChI=1S/C30H52N2O4Si2/c1-29(2,3)37(7,8)35-24-21-32(28(34)22-17-13-11-14-18-22)25(26(24)36-38(9,10)30(4,5)6)27(33)31-23-19-15-12-16-20-23/h11,13-14,17-18,23-26H,12,15-16,19-21H2,1-10H3,(H,31,33)/t24-,25?,26+/m0/s1. The maximum absolute atomic E-state index is 14.1. The SMILES string of the molecule is CC(C)(C)[Si](C)(C)O[C@H]1CN(C(=O)c2ccccc2)C(C(=O)NC2CCCCC2)[C@@H]1O[Si](C)(C)C(C)(C)C. The molecular formula is C30H52N2O4Si2. The molecular weight excluding hydrogens is 509 g/mol. The van der Waals surface area contributed by atoms with Crippen LogP contribution in [0.1, 0.15) is 84.0 Å². The van der Waals surface area contributed by atoms with Crippen molar-refractivity contribution in [1.29, 1.82) is 0 Å². The molecule has 0 radical (unpaired) electrons. The number of hydrogen-bond acceptors (Lipinski definition) is 4. The van der Waals surface area contributed by atoms with Crippen LogP contribution in [0.2, 0.25) is 36.3 Å². The van der Waals surface area contributed by atoms with Gasteiger partial charge in [0.2, 0.25) is 5.91 Å². The zero-order valence-electron chi connectivity index (χ0n) is 25.5. The minimum absolute atomic E-state index is 0.00869. The Balaban J connectivity index is 2.05. The Bertz CT molecular complexity index is 963. The van der Waals surface area contributed by atoms with E-state index in [9.17, 15) is 9.59 Å². The van der Waals surface area contributed by atoms with Crippen molar-refractivity contribution < 1.29 is 18.4 Å². The smallest absolute Gasteiger partial charge is 0.254 e. The third kappa shape index (κ3) is 6.98. The van der Waals surface area contributed by atoms with Crippen LogP contribution in [0.25, 0.3) is 0 Å². The minimum Gasteiger partial charge on any atom is -0.409 e. The van der Waals surface area contributed by atoms with Crippen molar-refractivity contribution in [2.45, 2.75) is 134 Å². The highest BCUT2D eigenvalue weighted by molar-refractivity contribution is 6.74. The lowest BCUT2D eigenvalue weighted by Crippen LogP contribution is -2.57. The van der Waals surface area contributed by atoms with E-state index >= 15 is 0 Å². The van der Waals surface area contributed by atoms with Crippen LogP contribution in [0.5, 0.6) is 0 Å². The lowest BCUT2D eigenvalue weighted by molar-refractivity contribution is -0.128. The molecule has 1 aromatic carbocycles. The second-order valence-corrected chi connectivity index (χ2v) is 23.9. The number of nitrogens with one attached hydrogen (secondary N) is 1. The third-order valence-corrected chi connectivity index (χ3v) is 18.4. The van der Waals surface area contributed by atoms with E-state index in [1.807, 2.05) is 30.3 Å². The average Bonchev–Trinajstić information content (AvgIpc) is 3.15. The summed E-state index contributed by atoms with van der Waals surface area (Å²) in [7, 11) is -4.52. The number of rotatable bonds is 7. The Morgan fingerprint density at radius 3 is 1.89 bits per heavy atom. The first-order valence-corrected chi connectivity index (χ1v) is 20.3. The Kier molecular flexibility index (Phi) is 9.44. The van der Waals surface area contributed by atoms with Crippen molar-refractivity contribution in [3.8, 4) is 0 Å². The van der Waals surface area contributed by atoms with Crippen molar-refractivity contribution in [3.63, 3.8) is 0 Å². The summed E-state index contributed by atoms with van der Waals surface area (Å²) >= 11 is 0. The lowest BCUT2D eigenvalue weighted by Gasteiger charge is -2.43. The number of carbonyl (C=O) groups excluding carboxylic acids is 2. The van der Waals surface area contributed by atoms with Gasteiger partial charge in [-0.15, -0.1) is 0 Å². The fourth-order valence-corrected chi connectivity index (χ4v) is 7.52. The molecule has 1 saturated heterocycles. The lowest BCUT2D eigenvalue weighted by atomic mass is 9.95. The van der Waals surface area contributed by atoms with Crippen LogP contribution >= 0.6 is 0 Å². The number of benzene rings is 1. The second-order valence-electron chi connectivity index (χ2n) is 14.4. The molecule has 0 spiro atoms. The zero-order valence-corrected chi connectivity index (χ0v) is 27.5. The quantitative estimate of drug-likeness (QED) is 0.375. The van der Waals surface area contributed by atoms with E-state index in [0.717, 1.165) is 25.7 Å². The maximum atomic E-state index is 14.1. The van der Waals surface area contributed by atoms with Gasteiger partial charge in [-0.25, -0.2) is 0 Å². The number of hydrogen-bond donors (Lipinski definition) is 1. The van der Waals surface area contributed by atoms with Gasteiger partial charge < -0.3 is 19.1 Å². The number of carbonyl (C=O) groups is 2. The predicted octanol–water partition coefficient (Wildman–Crippen LogP) is 6.74. The van der Waals surface area contributed by atoms with Crippen LogP contribution in [0.3, 0.4) is 0 Å². The largest absolute Gasteiger partial charge is 0.409 e. The van der Waals surface area contributed by atoms with Crippen LogP contribution in [-0.2, 0) is 13.6 Å². The molecule has 38 heavy (non-hydrogen) atoms. The number of amides is 2. The molecule has 1 heterocycles. The van der Waals surface area contributed by atoms with E-state index in [1.54, 1.807) is 4.90 Å². The molecule has 0 aromatic heterocycles. The van der Waals surface area contributed by atoms with Gasteiger partial charge in [0.15, 0.2) is 16.6 Å². The summed E-state index contributed by atoms with van der Waals surface area (Å²) < 4.78 is 14.0. The summed E-state index contributed by atoms with van der Waals surface area (Å²) in [4.78, 5) is 29.8. The van der Waals surface area contributed by atoms with Crippen molar-refractivity contribution in [2.75, 3.05) is 6.54 Å². The first kappa shape index (κ1) is 31.0. The Hall–Kier alpha value is -1.49. The molecule has 1 saturated carbocycles. The first-order chi connectivity index (χ1) is 17.4. The van der Waals surface area contributed by atoms with Crippen molar-refractivity contribution in [2.24, 2.45) is 0 Å². The van der Waals surface area contributed by atoms with Crippen molar-refractivity contribution >= 4 is 28.4 Å². The molecule has 2 fully saturated rings. The third-order valence-electron chi connectivity index (χ3n) is 9.38. The highest BCUT2D eigenvalue weighted by Gasteiger charge is 2.55. The van der Waals surface area contributed by atoms with Gasteiger partial charge >= 0.3 is 0 Å². The van der Waals surface area contributed by atoms with Gasteiger partial charge in [-0.1, -0.05) is 79.0 Å². The highest BCUT2D eigenvalue weighted by Crippen LogP contribution is 2.43. The van der Waals surface area contributed by atoms with E-state index in [2.05, 4.69) is 73.0 Å². The normalized spacial score (nSPS) is 23.9. The van der Waals surface area contributed by atoms with E-state index < -0.39 is 28.8 Å². The van der Waals surface area contributed by atoms with Crippen LogP contribution in [-0.4, -0.2) is 64.2 Å². The highest BCUT2D eigenvalue weighted by atomic mass is 28.4. The van der Waals surface area contributed by atoms with Crippen LogP contribution < -0.4 is 5.32 Å². The number of nitrogens with zero attached hydrogens (tertiary/aromatic N) is 1. The molecule has 1 unspecified atom stereocenters. The van der Waals surface area contributed by atoms with Gasteiger partial charge in [0.1, 0.15) is 12.1 Å². The fourth-order valence-electron chi connectivity index (χ4n) is 4.89. The number of likely N-dealkylation sites (tertiary alicyclic amines) is 1. The Morgan fingerprint density at radius 2 is 1.37 bits per heavy atom. The van der Waals surface area contributed by atoms with Crippen molar-refractivity contribution in [1.82, 2.24) is 10.2 Å². The molecule has 8 heteroatoms.